The van der Waals surface area contributed by atoms with Crippen LogP contribution in [-0.2, 0) is 4.84 Å². The Morgan fingerprint density at radius 2 is 2.12 bits per heavy atom. The summed E-state index contributed by atoms with van der Waals surface area (Å²) in [6.45, 7) is 0. The fourth-order valence-corrected chi connectivity index (χ4v) is 1.76. The molecule has 3 heteroatoms. The zero-order valence-electron chi connectivity index (χ0n) is 9.98. The normalized spacial score (nSPS) is 15.7. The maximum atomic E-state index is 5.31. The smallest absolute Gasteiger partial charge is 0.144 e. The summed E-state index contributed by atoms with van der Waals surface area (Å²) in [5, 5.41) is 3.88. The molecule has 1 aromatic carbocycles. The van der Waals surface area contributed by atoms with E-state index in [-0.39, 0.29) is 0 Å². The van der Waals surface area contributed by atoms with E-state index in [0.717, 1.165) is 29.9 Å². The van der Waals surface area contributed by atoms with Crippen LogP contribution in [0.5, 0.6) is 5.75 Å². The van der Waals surface area contributed by atoms with Crippen LogP contribution in [0.3, 0.4) is 0 Å². The zero-order valence-corrected chi connectivity index (χ0v) is 9.98. The molecule has 0 heterocycles. The van der Waals surface area contributed by atoms with Gasteiger partial charge in [0.25, 0.3) is 0 Å². The highest BCUT2D eigenvalue weighted by Gasteiger charge is 2.04. The third-order valence-electron chi connectivity index (χ3n) is 2.69. The van der Waals surface area contributed by atoms with E-state index >= 15 is 0 Å². The molecule has 2 rings (SSSR count). The van der Waals surface area contributed by atoms with E-state index in [0.29, 0.717) is 0 Å². The summed E-state index contributed by atoms with van der Waals surface area (Å²) >= 11 is 0. The molecule has 0 saturated carbocycles. The molecular formula is C14H16NO2. The highest BCUT2D eigenvalue weighted by molar-refractivity contribution is 5.83. The van der Waals surface area contributed by atoms with Crippen molar-refractivity contribution >= 4 is 6.21 Å². The number of rotatable bonds is 4. The first kappa shape index (κ1) is 11.7. The first-order valence-corrected chi connectivity index (χ1v) is 5.85. The first-order valence-electron chi connectivity index (χ1n) is 5.85. The number of hydrogen-bond donors (Lipinski definition) is 0. The van der Waals surface area contributed by atoms with Crippen molar-refractivity contribution in [1.82, 2.24) is 0 Å². The van der Waals surface area contributed by atoms with Crippen LogP contribution in [0.15, 0.2) is 41.3 Å². The van der Waals surface area contributed by atoms with Gasteiger partial charge in [-0.05, 0) is 37.5 Å². The monoisotopic (exact) mass is 230 g/mol. The predicted molar refractivity (Wildman–Crippen MR) is 67.2 cm³/mol. The van der Waals surface area contributed by atoms with Crippen molar-refractivity contribution in [2.75, 3.05) is 7.11 Å². The number of hydrogen-bond acceptors (Lipinski definition) is 3. The maximum Gasteiger partial charge on any atom is 0.144 e. The van der Waals surface area contributed by atoms with Crippen molar-refractivity contribution in [1.29, 1.82) is 0 Å². The highest BCUT2D eigenvalue weighted by Crippen LogP contribution is 2.19. The van der Waals surface area contributed by atoms with Crippen molar-refractivity contribution < 1.29 is 9.57 Å². The molecular weight excluding hydrogens is 214 g/mol. The molecule has 1 aliphatic carbocycles. The van der Waals surface area contributed by atoms with Crippen LogP contribution in [0.4, 0.5) is 0 Å². The lowest BCUT2D eigenvalue weighted by Gasteiger charge is -2.09. The van der Waals surface area contributed by atoms with Crippen molar-refractivity contribution in [3.63, 3.8) is 0 Å². The summed E-state index contributed by atoms with van der Waals surface area (Å²) in [6.07, 6.45) is 9.41. The van der Waals surface area contributed by atoms with E-state index in [1.807, 2.05) is 24.3 Å². The minimum atomic E-state index is 0.748. The minimum Gasteiger partial charge on any atom is -0.496 e. The number of benzene rings is 1. The van der Waals surface area contributed by atoms with Crippen molar-refractivity contribution in [2.45, 2.75) is 25.7 Å². The Labute approximate surface area is 102 Å². The lowest BCUT2D eigenvalue weighted by molar-refractivity contribution is 0.210. The summed E-state index contributed by atoms with van der Waals surface area (Å²) in [5.41, 5.74) is 0.798. The van der Waals surface area contributed by atoms with Gasteiger partial charge in [-0.25, -0.2) is 0 Å². The second-order valence-electron chi connectivity index (χ2n) is 3.91. The summed E-state index contributed by atoms with van der Waals surface area (Å²) in [5.74, 6) is 1.69. The third kappa shape index (κ3) is 3.34. The largest absolute Gasteiger partial charge is 0.496 e. The molecule has 1 aromatic rings. The number of ether oxygens (including phenoxy) is 1. The molecule has 1 radical (unpaired) electrons. The van der Waals surface area contributed by atoms with Gasteiger partial charge in [-0.1, -0.05) is 17.3 Å². The van der Waals surface area contributed by atoms with Crippen molar-refractivity contribution in [3.05, 3.63) is 41.7 Å². The Morgan fingerprint density at radius 1 is 1.24 bits per heavy atom. The van der Waals surface area contributed by atoms with Gasteiger partial charge in [-0.2, -0.15) is 0 Å². The van der Waals surface area contributed by atoms with E-state index in [1.165, 1.54) is 12.8 Å². The van der Waals surface area contributed by atoms with Gasteiger partial charge in [-0.3, -0.25) is 0 Å². The van der Waals surface area contributed by atoms with Gasteiger partial charge in [-0.15, -0.1) is 0 Å². The van der Waals surface area contributed by atoms with Gasteiger partial charge < -0.3 is 9.57 Å². The molecule has 0 saturated heterocycles. The number of allylic oxidation sites excluding steroid dienone is 2. The fraction of sp³-hybridized carbons (Fsp3) is 0.357. The van der Waals surface area contributed by atoms with Crippen molar-refractivity contribution in [2.24, 2.45) is 5.16 Å². The van der Waals surface area contributed by atoms with Gasteiger partial charge in [0.2, 0.25) is 0 Å². The fourth-order valence-electron chi connectivity index (χ4n) is 1.76. The lowest BCUT2D eigenvalue weighted by Crippen LogP contribution is -1.94. The third-order valence-corrected chi connectivity index (χ3v) is 2.69. The molecule has 0 amide bonds. The van der Waals surface area contributed by atoms with Gasteiger partial charge in [0.05, 0.1) is 7.11 Å². The molecule has 17 heavy (non-hydrogen) atoms. The second-order valence-corrected chi connectivity index (χ2v) is 3.91. The van der Waals surface area contributed by atoms with Crippen LogP contribution in [-0.4, -0.2) is 13.3 Å². The van der Waals surface area contributed by atoms with Gasteiger partial charge >= 0.3 is 0 Å². The van der Waals surface area contributed by atoms with E-state index in [9.17, 15) is 0 Å². The van der Waals surface area contributed by atoms with Gasteiger partial charge in [0.1, 0.15) is 17.7 Å². The highest BCUT2D eigenvalue weighted by atomic mass is 16.6. The minimum absolute atomic E-state index is 0.748. The van der Waals surface area contributed by atoms with Crippen LogP contribution < -0.4 is 4.74 Å². The SMILES string of the molecule is COc1ccccc1[C]=NOC1=CCCCC1. The molecule has 1 aliphatic rings. The van der Waals surface area contributed by atoms with E-state index in [1.54, 1.807) is 7.11 Å². The molecule has 0 N–H and O–H groups in total. The Hall–Kier alpha value is -1.77. The van der Waals surface area contributed by atoms with E-state index < -0.39 is 0 Å². The molecule has 0 unspecified atom stereocenters. The first-order chi connectivity index (χ1) is 8.40. The molecule has 89 valence electrons. The Kier molecular flexibility index (Phi) is 4.19. The lowest BCUT2D eigenvalue weighted by atomic mass is 10.1. The van der Waals surface area contributed by atoms with E-state index in [4.69, 9.17) is 9.57 Å². The quantitative estimate of drug-likeness (QED) is 0.586. The Balaban J connectivity index is 1.97. The summed E-state index contributed by atoms with van der Waals surface area (Å²) in [7, 11) is 1.63. The molecule has 3 nitrogen and oxygen atoms in total. The molecule has 0 fully saturated rings. The Morgan fingerprint density at radius 3 is 2.88 bits per heavy atom. The van der Waals surface area contributed by atoms with Crippen LogP contribution in [0.25, 0.3) is 0 Å². The van der Waals surface area contributed by atoms with Crippen LogP contribution in [0.1, 0.15) is 31.2 Å². The number of nitrogens with zero attached hydrogens (tertiary/aromatic N) is 1. The summed E-state index contributed by atoms with van der Waals surface area (Å²) < 4.78 is 5.20. The van der Waals surface area contributed by atoms with Crippen LogP contribution in [0, 0.1) is 0 Å². The van der Waals surface area contributed by atoms with E-state index in [2.05, 4.69) is 17.4 Å². The maximum absolute atomic E-state index is 5.31. The number of para-hydroxylation sites is 1. The average Bonchev–Trinajstić information content (AvgIpc) is 2.40. The van der Waals surface area contributed by atoms with Crippen LogP contribution >= 0.6 is 0 Å². The number of methoxy groups -OCH3 is 1. The molecule has 0 aromatic heterocycles. The predicted octanol–water partition coefficient (Wildman–Crippen LogP) is 3.38. The zero-order chi connectivity index (χ0) is 11.9. The standard InChI is InChI=1S/C14H16NO2/c1-16-14-10-6-5-7-12(14)11-15-17-13-8-3-2-4-9-13/h5-8,10H,2-4,9H2,1H3. The van der Waals surface area contributed by atoms with Gasteiger partial charge in [0, 0.05) is 12.0 Å². The van der Waals surface area contributed by atoms with Crippen LogP contribution in [0.2, 0.25) is 0 Å². The molecule has 0 atom stereocenters. The summed E-state index contributed by atoms with van der Waals surface area (Å²) in [6, 6.07) is 7.59. The average molecular weight is 230 g/mol. The van der Waals surface area contributed by atoms with Crippen molar-refractivity contribution in [3.8, 4) is 5.75 Å². The second kappa shape index (κ2) is 6.09. The Bertz CT molecular complexity index is 424. The van der Waals surface area contributed by atoms with Gasteiger partial charge in [0.15, 0.2) is 0 Å². The molecule has 0 spiro atoms. The molecule has 0 aliphatic heterocycles. The topological polar surface area (TPSA) is 30.8 Å². The summed E-state index contributed by atoms with van der Waals surface area (Å²) in [4.78, 5) is 5.31. The molecule has 0 bridgehead atoms.